The first kappa shape index (κ1) is 7.50. The van der Waals surface area contributed by atoms with Gasteiger partial charge in [0, 0.05) is 6.54 Å². The lowest BCUT2D eigenvalue weighted by Crippen LogP contribution is -2.39. The number of carbonyl (C=O) groups is 1. The largest absolute Gasteiger partial charge is 0.391 e. The first-order chi connectivity index (χ1) is 4.70. The predicted octanol–water partition coefficient (Wildman–Crippen LogP) is -1.42. The fourth-order valence-corrected chi connectivity index (χ4v) is 0.955. The Hall–Kier alpha value is -0.610. The number of β-amino-alcohol motifs (C(OH)–C–C–N with tert-alkyl or cyclic N) is 1. The van der Waals surface area contributed by atoms with E-state index in [1.165, 1.54) is 0 Å². The summed E-state index contributed by atoms with van der Waals surface area (Å²) in [5.74, 6) is -0.156. The van der Waals surface area contributed by atoms with Gasteiger partial charge in [-0.15, -0.1) is 0 Å². The second kappa shape index (κ2) is 2.98. The lowest BCUT2D eigenvalue weighted by Gasteiger charge is -2.03. The predicted molar refractivity (Wildman–Crippen MR) is 36.2 cm³/mol. The maximum atomic E-state index is 10.8. The molecule has 4 N–H and O–H groups in total. The van der Waals surface area contributed by atoms with Crippen molar-refractivity contribution in [1.29, 1.82) is 0 Å². The van der Waals surface area contributed by atoms with Crippen molar-refractivity contribution in [1.82, 2.24) is 5.32 Å². The summed E-state index contributed by atoms with van der Waals surface area (Å²) < 4.78 is 0. The molecule has 2 atom stereocenters. The van der Waals surface area contributed by atoms with Gasteiger partial charge in [0.1, 0.15) is 0 Å². The van der Waals surface area contributed by atoms with Crippen LogP contribution in [0.3, 0.4) is 0 Å². The van der Waals surface area contributed by atoms with E-state index in [1.54, 1.807) is 0 Å². The molecule has 0 bridgehead atoms. The summed E-state index contributed by atoms with van der Waals surface area (Å²) in [6.45, 7) is 0.340. The standard InChI is InChI=1S/C6H12N2O2/c7-5-2-1-4(9)3-8-6(5)10/h4-5,9H,1-3,7H2,(H,8,10)/t4-,5-/m0/s1. The SMILES string of the molecule is N[C@H]1CC[C@H](O)CNC1=O. The molecule has 0 radical (unpaired) electrons. The zero-order chi connectivity index (χ0) is 7.56. The van der Waals surface area contributed by atoms with Crippen LogP contribution in [0.5, 0.6) is 0 Å². The molecule has 1 aliphatic heterocycles. The van der Waals surface area contributed by atoms with Crippen LogP contribution in [0.25, 0.3) is 0 Å². The molecule has 1 saturated heterocycles. The van der Waals surface area contributed by atoms with E-state index in [0.29, 0.717) is 19.4 Å². The summed E-state index contributed by atoms with van der Waals surface area (Å²) in [4.78, 5) is 10.8. The molecule has 1 aliphatic rings. The number of amides is 1. The molecule has 0 aromatic carbocycles. The lowest BCUT2D eigenvalue weighted by molar-refractivity contribution is -0.122. The molecule has 0 aromatic rings. The van der Waals surface area contributed by atoms with Crippen LogP contribution < -0.4 is 11.1 Å². The Labute approximate surface area is 59.4 Å². The molecule has 10 heavy (non-hydrogen) atoms. The van der Waals surface area contributed by atoms with Crippen molar-refractivity contribution < 1.29 is 9.90 Å². The molecule has 0 spiro atoms. The summed E-state index contributed by atoms with van der Waals surface area (Å²) in [5.41, 5.74) is 5.42. The highest BCUT2D eigenvalue weighted by Crippen LogP contribution is 2.03. The van der Waals surface area contributed by atoms with Crippen molar-refractivity contribution in [3.05, 3.63) is 0 Å². The normalized spacial score (nSPS) is 34.8. The fraction of sp³-hybridized carbons (Fsp3) is 0.833. The molecule has 1 amide bonds. The van der Waals surface area contributed by atoms with Crippen molar-refractivity contribution in [2.45, 2.75) is 25.0 Å². The minimum absolute atomic E-state index is 0.156. The van der Waals surface area contributed by atoms with Gasteiger partial charge >= 0.3 is 0 Å². The van der Waals surface area contributed by atoms with E-state index >= 15 is 0 Å². The Morgan fingerprint density at radius 2 is 2.30 bits per heavy atom. The topological polar surface area (TPSA) is 75.3 Å². The average molecular weight is 144 g/mol. The molecular weight excluding hydrogens is 132 g/mol. The summed E-state index contributed by atoms with van der Waals surface area (Å²) in [5, 5.41) is 11.6. The van der Waals surface area contributed by atoms with Crippen LogP contribution in [0.4, 0.5) is 0 Å². The number of nitrogens with one attached hydrogen (secondary N) is 1. The summed E-state index contributed by atoms with van der Waals surface area (Å²) in [7, 11) is 0. The molecule has 58 valence electrons. The first-order valence-electron chi connectivity index (χ1n) is 3.41. The van der Waals surface area contributed by atoms with Gasteiger partial charge in [-0.1, -0.05) is 0 Å². The highest BCUT2D eigenvalue weighted by atomic mass is 16.3. The maximum Gasteiger partial charge on any atom is 0.237 e. The van der Waals surface area contributed by atoms with Gasteiger partial charge in [-0.25, -0.2) is 0 Å². The van der Waals surface area contributed by atoms with E-state index in [4.69, 9.17) is 10.8 Å². The Kier molecular flexibility index (Phi) is 2.24. The molecule has 4 nitrogen and oxygen atoms in total. The second-order valence-electron chi connectivity index (χ2n) is 2.58. The van der Waals surface area contributed by atoms with Gasteiger partial charge in [-0.3, -0.25) is 4.79 Å². The minimum Gasteiger partial charge on any atom is -0.391 e. The van der Waals surface area contributed by atoms with Crippen molar-refractivity contribution in [2.75, 3.05) is 6.54 Å². The fourth-order valence-electron chi connectivity index (χ4n) is 0.955. The van der Waals surface area contributed by atoms with Crippen LogP contribution in [-0.2, 0) is 4.79 Å². The van der Waals surface area contributed by atoms with E-state index in [0.717, 1.165) is 0 Å². The van der Waals surface area contributed by atoms with Crippen molar-refractivity contribution in [2.24, 2.45) is 5.73 Å². The minimum atomic E-state index is -0.433. The quantitative estimate of drug-likeness (QED) is 0.391. The van der Waals surface area contributed by atoms with Crippen LogP contribution in [0.2, 0.25) is 0 Å². The van der Waals surface area contributed by atoms with Gasteiger partial charge in [0.2, 0.25) is 5.91 Å². The smallest absolute Gasteiger partial charge is 0.237 e. The van der Waals surface area contributed by atoms with Gasteiger partial charge < -0.3 is 16.2 Å². The molecular formula is C6H12N2O2. The molecule has 4 heteroatoms. The van der Waals surface area contributed by atoms with Crippen LogP contribution in [0, 0.1) is 0 Å². The number of hydrogen-bond acceptors (Lipinski definition) is 3. The molecule has 1 heterocycles. The summed E-state index contributed by atoms with van der Waals surface area (Å²) in [6, 6.07) is -0.433. The molecule has 1 rings (SSSR count). The van der Waals surface area contributed by atoms with Gasteiger partial charge in [0.05, 0.1) is 12.1 Å². The molecule has 0 saturated carbocycles. The van der Waals surface area contributed by atoms with Gasteiger partial charge in [-0.05, 0) is 12.8 Å². The van der Waals surface area contributed by atoms with Crippen LogP contribution in [0.1, 0.15) is 12.8 Å². The summed E-state index contributed by atoms with van der Waals surface area (Å²) in [6.07, 6.45) is 0.768. The van der Waals surface area contributed by atoms with E-state index in [-0.39, 0.29) is 5.91 Å². The van der Waals surface area contributed by atoms with E-state index in [2.05, 4.69) is 5.32 Å². The molecule has 0 aliphatic carbocycles. The highest BCUT2D eigenvalue weighted by molar-refractivity contribution is 5.81. The van der Waals surface area contributed by atoms with E-state index in [1.807, 2.05) is 0 Å². The van der Waals surface area contributed by atoms with Crippen LogP contribution >= 0.6 is 0 Å². The Bertz CT molecular complexity index is 138. The third-order valence-electron chi connectivity index (χ3n) is 1.66. The van der Waals surface area contributed by atoms with Crippen LogP contribution in [-0.4, -0.2) is 29.7 Å². The van der Waals surface area contributed by atoms with Crippen molar-refractivity contribution >= 4 is 5.91 Å². The third-order valence-corrected chi connectivity index (χ3v) is 1.66. The molecule has 0 unspecified atom stereocenters. The summed E-state index contributed by atoms with van der Waals surface area (Å²) >= 11 is 0. The maximum absolute atomic E-state index is 10.8. The number of rotatable bonds is 0. The molecule has 0 aromatic heterocycles. The monoisotopic (exact) mass is 144 g/mol. The zero-order valence-electron chi connectivity index (χ0n) is 5.71. The number of hydrogen-bond donors (Lipinski definition) is 3. The second-order valence-corrected chi connectivity index (χ2v) is 2.58. The first-order valence-corrected chi connectivity index (χ1v) is 3.41. The Balaban J connectivity index is 2.46. The van der Waals surface area contributed by atoms with Gasteiger partial charge in [0.15, 0.2) is 0 Å². The lowest BCUT2D eigenvalue weighted by atomic mass is 10.1. The Morgan fingerprint density at radius 3 is 3.00 bits per heavy atom. The van der Waals surface area contributed by atoms with Gasteiger partial charge in [-0.2, -0.15) is 0 Å². The number of nitrogens with two attached hydrogens (primary N) is 1. The van der Waals surface area contributed by atoms with E-state index in [9.17, 15) is 4.79 Å². The van der Waals surface area contributed by atoms with Crippen molar-refractivity contribution in [3.8, 4) is 0 Å². The zero-order valence-corrected chi connectivity index (χ0v) is 5.71. The number of carbonyl (C=O) groups excluding carboxylic acids is 1. The number of aliphatic hydroxyl groups is 1. The highest BCUT2D eigenvalue weighted by Gasteiger charge is 2.19. The number of aliphatic hydroxyl groups excluding tert-OH is 1. The molecule has 1 fully saturated rings. The van der Waals surface area contributed by atoms with Gasteiger partial charge in [0.25, 0.3) is 0 Å². The van der Waals surface area contributed by atoms with Crippen molar-refractivity contribution in [3.63, 3.8) is 0 Å². The van der Waals surface area contributed by atoms with Crippen LogP contribution in [0.15, 0.2) is 0 Å². The average Bonchev–Trinajstić information content (AvgIpc) is 2.04. The third kappa shape index (κ3) is 1.68. The Morgan fingerprint density at radius 1 is 1.60 bits per heavy atom. The van der Waals surface area contributed by atoms with E-state index < -0.39 is 12.1 Å².